The van der Waals surface area contributed by atoms with Crippen LogP contribution in [0.1, 0.15) is 27.0 Å². The van der Waals surface area contributed by atoms with Gasteiger partial charge in [-0.2, -0.15) is 0 Å². The number of carbonyl (C=O) groups excluding carboxylic acids is 1. The molecule has 0 bridgehead atoms. The molecule has 5 heteroatoms. The minimum Gasteiger partial charge on any atom is -0.380 e. The number of primary amides is 1. The van der Waals surface area contributed by atoms with Gasteiger partial charge in [0.15, 0.2) is 0 Å². The van der Waals surface area contributed by atoms with Crippen LogP contribution < -0.4 is 11.1 Å². The van der Waals surface area contributed by atoms with E-state index in [1.54, 1.807) is 12.1 Å². The summed E-state index contributed by atoms with van der Waals surface area (Å²) in [5, 5.41) is 4.06. The van der Waals surface area contributed by atoms with Gasteiger partial charge in [0.05, 0.1) is 5.69 Å². The van der Waals surface area contributed by atoms with Gasteiger partial charge in [0.2, 0.25) is 5.91 Å². The molecule has 0 aliphatic rings. The Kier molecular flexibility index (Phi) is 4.91. The molecule has 0 spiro atoms. The average molecular weight is 368 g/mol. The summed E-state index contributed by atoms with van der Waals surface area (Å²) in [4.78, 5) is 11.1. The molecule has 21 heavy (non-hydrogen) atoms. The fourth-order valence-electron chi connectivity index (χ4n) is 2.02. The Morgan fingerprint density at radius 2 is 1.95 bits per heavy atom. The van der Waals surface area contributed by atoms with Crippen LogP contribution in [-0.2, 0) is 6.54 Å². The summed E-state index contributed by atoms with van der Waals surface area (Å²) in [5.41, 5.74) is 9.88. The Hall–Kier alpha value is -1.52. The van der Waals surface area contributed by atoms with E-state index in [0.29, 0.717) is 12.1 Å². The Balaban J connectivity index is 2.17. The second-order valence-corrected chi connectivity index (χ2v) is 6.20. The van der Waals surface area contributed by atoms with Crippen molar-refractivity contribution in [3.8, 4) is 0 Å². The second kappa shape index (κ2) is 6.50. The number of nitrogens with one attached hydrogen (secondary N) is 1. The number of halogens is 2. The van der Waals surface area contributed by atoms with Crippen LogP contribution in [0.3, 0.4) is 0 Å². The number of benzene rings is 2. The first-order chi connectivity index (χ1) is 9.88. The van der Waals surface area contributed by atoms with Crippen molar-refractivity contribution in [1.82, 2.24) is 0 Å². The average Bonchev–Trinajstić information content (AvgIpc) is 2.42. The minimum atomic E-state index is -0.411. The van der Waals surface area contributed by atoms with Crippen molar-refractivity contribution < 1.29 is 4.79 Å². The Bertz CT molecular complexity index is 701. The fraction of sp³-hybridized carbons (Fsp3) is 0.188. The summed E-state index contributed by atoms with van der Waals surface area (Å²) < 4.78 is 0.968. The van der Waals surface area contributed by atoms with Crippen molar-refractivity contribution >= 4 is 39.1 Å². The van der Waals surface area contributed by atoms with Gasteiger partial charge < -0.3 is 11.1 Å². The predicted octanol–water partition coefficient (Wildman–Crippen LogP) is 4.43. The molecular weight excluding hydrogens is 352 g/mol. The SMILES string of the molecule is Cc1cc(Br)c(NCc2ccc(C(N)=O)cc2C)cc1Cl. The smallest absolute Gasteiger partial charge is 0.248 e. The monoisotopic (exact) mass is 366 g/mol. The highest BCUT2D eigenvalue weighted by Gasteiger charge is 2.07. The van der Waals surface area contributed by atoms with E-state index in [1.165, 1.54) is 0 Å². The van der Waals surface area contributed by atoms with Gasteiger partial charge in [0.1, 0.15) is 0 Å². The Morgan fingerprint density at radius 3 is 2.57 bits per heavy atom. The van der Waals surface area contributed by atoms with Crippen LogP contribution in [0.5, 0.6) is 0 Å². The molecule has 3 nitrogen and oxygen atoms in total. The molecular formula is C16H16BrClN2O. The molecule has 0 fully saturated rings. The first-order valence-corrected chi connectivity index (χ1v) is 7.64. The van der Waals surface area contributed by atoms with Crippen molar-refractivity contribution in [1.29, 1.82) is 0 Å². The van der Waals surface area contributed by atoms with E-state index >= 15 is 0 Å². The lowest BCUT2D eigenvalue weighted by molar-refractivity contribution is 0.1000. The van der Waals surface area contributed by atoms with E-state index in [2.05, 4.69) is 21.2 Å². The maximum Gasteiger partial charge on any atom is 0.248 e. The molecule has 0 radical (unpaired) electrons. The molecule has 0 heterocycles. The van der Waals surface area contributed by atoms with Crippen LogP contribution in [0.25, 0.3) is 0 Å². The predicted molar refractivity (Wildman–Crippen MR) is 90.9 cm³/mol. The summed E-state index contributed by atoms with van der Waals surface area (Å²) in [6, 6.07) is 9.33. The van der Waals surface area contributed by atoms with Crippen LogP contribution in [0, 0.1) is 13.8 Å². The number of carbonyl (C=O) groups is 1. The lowest BCUT2D eigenvalue weighted by Crippen LogP contribution is -2.12. The molecule has 110 valence electrons. The number of hydrogen-bond donors (Lipinski definition) is 2. The number of aryl methyl sites for hydroxylation is 2. The zero-order valence-corrected chi connectivity index (χ0v) is 14.2. The first-order valence-electron chi connectivity index (χ1n) is 6.47. The minimum absolute atomic E-state index is 0.411. The maximum absolute atomic E-state index is 11.1. The standard InChI is InChI=1S/C16H16BrClN2O/c1-9-5-11(16(19)21)3-4-12(9)8-20-15-7-14(18)10(2)6-13(15)17/h3-7,20H,8H2,1-2H3,(H2,19,21). The molecule has 0 aliphatic carbocycles. The van der Waals surface area contributed by atoms with Gasteiger partial charge >= 0.3 is 0 Å². The van der Waals surface area contributed by atoms with Crippen molar-refractivity contribution in [3.05, 3.63) is 62.1 Å². The van der Waals surface area contributed by atoms with Crippen molar-refractivity contribution in [3.63, 3.8) is 0 Å². The number of anilines is 1. The number of nitrogens with two attached hydrogens (primary N) is 1. The van der Waals surface area contributed by atoms with E-state index in [-0.39, 0.29) is 0 Å². The third-order valence-corrected chi connectivity index (χ3v) is 4.41. The van der Waals surface area contributed by atoms with Crippen LogP contribution in [0.2, 0.25) is 5.02 Å². The summed E-state index contributed by atoms with van der Waals surface area (Å²) in [6.45, 7) is 4.56. The number of hydrogen-bond acceptors (Lipinski definition) is 2. The largest absolute Gasteiger partial charge is 0.380 e. The molecule has 0 aliphatic heterocycles. The lowest BCUT2D eigenvalue weighted by atomic mass is 10.0. The van der Waals surface area contributed by atoms with Crippen molar-refractivity contribution in [2.24, 2.45) is 5.73 Å². The summed E-state index contributed by atoms with van der Waals surface area (Å²) in [6.07, 6.45) is 0. The van der Waals surface area contributed by atoms with E-state index in [0.717, 1.165) is 31.9 Å². The highest BCUT2D eigenvalue weighted by atomic mass is 79.9. The van der Waals surface area contributed by atoms with Crippen LogP contribution in [0.4, 0.5) is 5.69 Å². The van der Waals surface area contributed by atoms with Gasteiger partial charge in [0.25, 0.3) is 0 Å². The van der Waals surface area contributed by atoms with Gasteiger partial charge in [-0.25, -0.2) is 0 Å². The highest BCUT2D eigenvalue weighted by Crippen LogP contribution is 2.29. The molecule has 0 atom stereocenters. The summed E-state index contributed by atoms with van der Waals surface area (Å²) in [5.74, 6) is -0.411. The molecule has 0 saturated carbocycles. The molecule has 0 unspecified atom stereocenters. The summed E-state index contributed by atoms with van der Waals surface area (Å²) >= 11 is 9.66. The third kappa shape index (κ3) is 3.77. The zero-order valence-electron chi connectivity index (χ0n) is 11.8. The van der Waals surface area contributed by atoms with Gasteiger partial charge in [-0.05, 0) is 70.7 Å². The molecule has 1 amide bonds. The molecule has 2 rings (SSSR count). The van der Waals surface area contributed by atoms with E-state index < -0.39 is 5.91 Å². The highest BCUT2D eigenvalue weighted by molar-refractivity contribution is 9.10. The first kappa shape index (κ1) is 15.9. The normalized spacial score (nSPS) is 10.5. The van der Waals surface area contributed by atoms with E-state index in [1.807, 2.05) is 32.0 Å². The quantitative estimate of drug-likeness (QED) is 0.840. The third-order valence-electron chi connectivity index (χ3n) is 3.34. The van der Waals surface area contributed by atoms with Crippen LogP contribution in [-0.4, -0.2) is 5.91 Å². The van der Waals surface area contributed by atoms with Crippen molar-refractivity contribution in [2.45, 2.75) is 20.4 Å². The van der Waals surface area contributed by atoms with Gasteiger partial charge in [-0.3, -0.25) is 4.79 Å². The van der Waals surface area contributed by atoms with Gasteiger partial charge in [-0.15, -0.1) is 0 Å². The maximum atomic E-state index is 11.1. The number of amides is 1. The fourth-order valence-corrected chi connectivity index (χ4v) is 2.78. The van der Waals surface area contributed by atoms with Crippen LogP contribution in [0.15, 0.2) is 34.8 Å². The summed E-state index contributed by atoms with van der Waals surface area (Å²) in [7, 11) is 0. The molecule has 0 aromatic heterocycles. The Morgan fingerprint density at radius 1 is 1.24 bits per heavy atom. The zero-order chi connectivity index (χ0) is 15.6. The Labute approximate surface area is 137 Å². The molecule has 2 aromatic rings. The molecule has 3 N–H and O–H groups in total. The van der Waals surface area contributed by atoms with Gasteiger partial charge in [-0.1, -0.05) is 17.7 Å². The molecule has 2 aromatic carbocycles. The van der Waals surface area contributed by atoms with Gasteiger partial charge in [0, 0.05) is 21.6 Å². The second-order valence-electron chi connectivity index (χ2n) is 4.94. The topological polar surface area (TPSA) is 55.1 Å². The lowest BCUT2D eigenvalue weighted by Gasteiger charge is -2.12. The number of rotatable bonds is 4. The van der Waals surface area contributed by atoms with Crippen molar-refractivity contribution in [2.75, 3.05) is 5.32 Å². The van der Waals surface area contributed by atoms with Crippen LogP contribution >= 0.6 is 27.5 Å². The van der Waals surface area contributed by atoms with E-state index in [9.17, 15) is 4.79 Å². The van der Waals surface area contributed by atoms with E-state index in [4.69, 9.17) is 17.3 Å². The molecule has 0 saturated heterocycles.